The maximum atomic E-state index is 12.1. The van der Waals surface area contributed by atoms with E-state index in [2.05, 4.69) is 19.9 Å². The molecule has 0 radical (unpaired) electrons. The largest absolute Gasteiger partial charge is 0.341 e. The van der Waals surface area contributed by atoms with Gasteiger partial charge in [0.25, 0.3) is 0 Å². The predicted molar refractivity (Wildman–Crippen MR) is 71.4 cm³/mol. The highest BCUT2D eigenvalue weighted by Gasteiger charge is 2.18. The van der Waals surface area contributed by atoms with Crippen LogP contribution in [0.3, 0.4) is 0 Å². The van der Waals surface area contributed by atoms with Crippen LogP contribution < -0.4 is 0 Å². The van der Waals surface area contributed by atoms with Gasteiger partial charge in [0.2, 0.25) is 5.91 Å². The van der Waals surface area contributed by atoms with Crippen LogP contribution in [0.1, 0.15) is 15.3 Å². The van der Waals surface area contributed by atoms with Crippen LogP contribution in [0, 0.1) is 13.8 Å². The van der Waals surface area contributed by atoms with Gasteiger partial charge in [-0.25, -0.2) is 0 Å². The number of carbonyl (C=O) groups excluding carboxylic acids is 1. The zero-order valence-corrected chi connectivity index (χ0v) is 11.4. The highest BCUT2D eigenvalue weighted by Crippen LogP contribution is 2.22. The smallest absolute Gasteiger partial charge is 0.227 e. The van der Waals surface area contributed by atoms with Gasteiger partial charge < -0.3 is 4.90 Å². The molecular formula is C12H17NOS2. The zero-order valence-electron chi connectivity index (χ0n) is 9.78. The number of thioether (sulfide) groups is 1. The van der Waals surface area contributed by atoms with E-state index in [-0.39, 0.29) is 0 Å². The van der Waals surface area contributed by atoms with E-state index >= 15 is 0 Å². The van der Waals surface area contributed by atoms with E-state index in [1.54, 1.807) is 11.3 Å². The van der Waals surface area contributed by atoms with E-state index in [1.807, 2.05) is 16.7 Å². The van der Waals surface area contributed by atoms with Crippen LogP contribution in [0.2, 0.25) is 0 Å². The quantitative estimate of drug-likeness (QED) is 0.809. The number of hydrogen-bond acceptors (Lipinski definition) is 3. The lowest BCUT2D eigenvalue weighted by molar-refractivity contribution is -0.130. The first-order chi connectivity index (χ1) is 7.66. The lowest BCUT2D eigenvalue weighted by Gasteiger charge is -2.26. The molecule has 0 spiro atoms. The first-order valence-electron chi connectivity index (χ1n) is 5.58. The maximum absolute atomic E-state index is 12.1. The molecule has 0 bridgehead atoms. The van der Waals surface area contributed by atoms with Gasteiger partial charge in [0.05, 0.1) is 6.42 Å². The Bertz CT molecular complexity index is 380. The summed E-state index contributed by atoms with van der Waals surface area (Å²) in [6, 6.07) is 2.15. The molecule has 88 valence electrons. The molecule has 4 heteroatoms. The molecule has 0 aromatic carbocycles. The Labute approximate surface area is 105 Å². The summed E-state index contributed by atoms with van der Waals surface area (Å²) in [6.07, 6.45) is 0.584. The number of aryl methyl sites for hydroxylation is 2. The van der Waals surface area contributed by atoms with Crippen molar-refractivity contribution < 1.29 is 4.79 Å². The molecule has 16 heavy (non-hydrogen) atoms. The van der Waals surface area contributed by atoms with Crippen LogP contribution in [0.5, 0.6) is 0 Å². The molecule has 1 amide bonds. The Morgan fingerprint density at radius 3 is 2.62 bits per heavy atom. The lowest BCUT2D eigenvalue weighted by atomic mass is 10.1. The first-order valence-corrected chi connectivity index (χ1v) is 7.55. The van der Waals surface area contributed by atoms with E-state index in [0.29, 0.717) is 12.3 Å². The Morgan fingerprint density at radius 2 is 2.06 bits per heavy atom. The third kappa shape index (κ3) is 2.80. The van der Waals surface area contributed by atoms with Crippen LogP contribution in [0.15, 0.2) is 6.07 Å². The van der Waals surface area contributed by atoms with E-state index < -0.39 is 0 Å². The lowest BCUT2D eigenvalue weighted by Crippen LogP contribution is -2.38. The number of hydrogen-bond donors (Lipinski definition) is 0. The predicted octanol–water partition coefficient (Wildman–Crippen LogP) is 2.48. The zero-order chi connectivity index (χ0) is 11.5. The van der Waals surface area contributed by atoms with Gasteiger partial charge in [-0.15, -0.1) is 11.3 Å². The second kappa shape index (κ2) is 5.23. The van der Waals surface area contributed by atoms with Crippen molar-refractivity contribution in [3.63, 3.8) is 0 Å². The summed E-state index contributed by atoms with van der Waals surface area (Å²) in [4.78, 5) is 16.6. The molecule has 0 unspecified atom stereocenters. The average molecular weight is 255 g/mol. The molecule has 1 aliphatic heterocycles. The number of amides is 1. The molecule has 0 atom stereocenters. The summed E-state index contributed by atoms with van der Waals surface area (Å²) in [7, 11) is 0. The summed E-state index contributed by atoms with van der Waals surface area (Å²) in [5.74, 6) is 2.47. The molecule has 0 N–H and O–H groups in total. The van der Waals surface area contributed by atoms with Gasteiger partial charge in [0.1, 0.15) is 0 Å². The van der Waals surface area contributed by atoms with Crippen molar-refractivity contribution in [3.8, 4) is 0 Å². The monoisotopic (exact) mass is 255 g/mol. The van der Waals surface area contributed by atoms with Crippen LogP contribution in [0.4, 0.5) is 0 Å². The molecule has 2 heterocycles. The van der Waals surface area contributed by atoms with Gasteiger partial charge >= 0.3 is 0 Å². The molecule has 0 aliphatic carbocycles. The molecule has 0 saturated carbocycles. The number of carbonyl (C=O) groups is 1. The fraction of sp³-hybridized carbons (Fsp3) is 0.583. The minimum atomic E-state index is 0.293. The van der Waals surface area contributed by atoms with Gasteiger partial charge in [-0.1, -0.05) is 0 Å². The summed E-state index contributed by atoms with van der Waals surface area (Å²) < 4.78 is 0. The van der Waals surface area contributed by atoms with Gasteiger partial charge in [-0.2, -0.15) is 11.8 Å². The van der Waals surface area contributed by atoms with Crippen molar-refractivity contribution in [2.75, 3.05) is 24.6 Å². The van der Waals surface area contributed by atoms with Crippen LogP contribution in [-0.2, 0) is 11.2 Å². The number of thiophene rings is 1. The first kappa shape index (κ1) is 12.0. The summed E-state index contributed by atoms with van der Waals surface area (Å²) in [6.45, 7) is 6.05. The number of nitrogens with zero attached hydrogens (tertiary/aromatic N) is 1. The molecule has 1 aromatic heterocycles. The summed E-state index contributed by atoms with van der Waals surface area (Å²) >= 11 is 3.72. The Hall–Kier alpha value is -0.480. The second-order valence-corrected chi connectivity index (χ2v) is 6.79. The summed E-state index contributed by atoms with van der Waals surface area (Å²) in [5.41, 5.74) is 1.21. The minimum absolute atomic E-state index is 0.293. The standard InChI is InChI=1S/C12H17NOS2/c1-9-7-11(10(2)16-9)8-12(14)13-3-5-15-6-4-13/h7H,3-6,8H2,1-2H3. The molecule has 1 aromatic rings. The topological polar surface area (TPSA) is 20.3 Å². The van der Waals surface area contributed by atoms with Crippen molar-refractivity contribution in [2.24, 2.45) is 0 Å². The highest BCUT2D eigenvalue weighted by atomic mass is 32.2. The van der Waals surface area contributed by atoms with Gasteiger partial charge in [-0.05, 0) is 25.5 Å². The van der Waals surface area contributed by atoms with Crippen molar-refractivity contribution in [1.29, 1.82) is 0 Å². The molecule has 1 saturated heterocycles. The molecule has 2 rings (SSSR count). The van der Waals surface area contributed by atoms with Crippen molar-refractivity contribution in [1.82, 2.24) is 4.90 Å². The van der Waals surface area contributed by atoms with E-state index in [4.69, 9.17) is 0 Å². The van der Waals surface area contributed by atoms with Crippen LogP contribution in [0.25, 0.3) is 0 Å². The van der Waals surface area contributed by atoms with E-state index in [9.17, 15) is 4.79 Å². The van der Waals surface area contributed by atoms with Crippen molar-refractivity contribution in [2.45, 2.75) is 20.3 Å². The van der Waals surface area contributed by atoms with Gasteiger partial charge in [0.15, 0.2) is 0 Å². The van der Waals surface area contributed by atoms with Gasteiger partial charge in [-0.3, -0.25) is 4.79 Å². The molecule has 2 nitrogen and oxygen atoms in total. The highest BCUT2D eigenvalue weighted by molar-refractivity contribution is 7.99. The Morgan fingerprint density at radius 1 is 1.38 bits per heavy atom. The number of rotatable bonds is 2. The van der Waals surface area contributed by atoms with Crippen molar-refractivity contribution >= 4 is 29.0 Å². The molecular weight excluding hydrogens is 238 g/mol. The van der Waals surface area contributed by atoms with Gasteiger partial charge in [0, 0.05) is 34.3 Å². The van der Waals surface area contributed by atoms with E-state index in [0.717, 1.165) is 24.6 Å². The van der Waals surface area contributed by atoms with Crippen LogP contribution in [-0.4, -0.2) is 35.4 Å². The maximum Gasteiger partial charge on any atom is 0.227 e. The SMILES string of the molecule is Cc1cc(CC(=O)N2CCSCC2)c(C)s1. The third-order valence-corrected chi connectivity index (χ3v) is 4.80. The molecule has 1 aliphatic rings. The third-order valence-electron chi connectivity index (χ3n) is 2.85. The van der Waals surface area contributed by atoms with Crippen molar-refractivity contribution in [3.05, 3.63) is 21.4 Å². The second-order valence-electron chi connectivity index (χ2n) is 4.11. The minimum Gasteiger partial charge on any atom is -0.341 e. The van der Waals surface area contributed by atoms with Crippen LogP contribution >= 0.6 is 23.1 Å². The summed E-state index contributed by atoms with van der Waals surface area (Å²) in [5, 5.41) is 0. The normalized spacial score (nSPS) is 16.5. The van der Waals surface area contributed by atoms with E-state index in [1.165, 1.54) is 15.3 Å². The fourth-order valence-corrected chi connectivity index (χ4v) is 3.80. The average Bonchev–Trinajstić information content (AvgIpc) is 2.59. The molecule has 1 fully saturated rings. The fourth-order valence-electron chi connectivity index (χ4n) is 1.95. The Balaban J connectivity index is 1.98. The Kier molecular flexibility index (Phi) is 3.92.